The Morgan fingerprint density at radius 2 is 1.00 bits per heavy atom. The van der Waals surface area contributed by atoms with Crippen LogP contribution in [-0.2, 0) is 0 Å². The van der Waals surface area contributed by atoms with Crippen molar-refractivity contribution >= 4 is 22.7 Å². The predicted octanol–water partition coefficient (Wildman–Crippen LogP) is 2.33. The van der Waals surface area contributed by atoms with Gasteiger partial charge in [-0.25, -0.2) is 0 Å². The number of anilines is 4. The number of rotatable bonds is 4. The van der Waals surface area contributed by atoms with Crippen molar-refractivity contribution in [3.05, 3.63) is 48.5 Å². The SMILES string of the molecule is Nc1ccc(NCNc2ccc(N)cc2)cc1. The Labute approximate surface area is 101 Å². The van der Waals surface area contributed by atoms with Crippen molar-refractivity contribution in [1.29, 1.82) is 0 Å². The first-order valence-electron chi connectivity index (χ1n) is 5.43. The van der Waals surface area contributed by atoms with Crippen LogP contribution < -0.4 is 22.1 Å². The molecule has 0 atom stereocenters. The number of hydrogen-bond acceptors (Lipinski definition) is 4. The second-order valence-corrected chi connectivity index (χ2v) is 3.77. The molecule has 88 valence electrons. The monoisotopic (exact) mass is 228 g/mol. The molecule has 0 spiro atoms. The first-order valence-corrected chi connectivity index (χ1v) is 5.43. The van der Waals surface area contributed by atoms with Gasteiger partial charge in [0.05, 0.1) is 6.67 Å². The number of hydrogen-bond donors (Lipinski definition) is 4. The highest BCUT2D eigenvalue weighted by atomic mass is 15.1. The fraction of sp³-hybridized carbons (Fsp3) is 0.0769. The number of nitrogens with one attached hydrogen (secondary N) is 2. The molecular formula is C13H16N4. The zero-order chi connectivity index (χ0) is 12.1. The Bertz CT molecular complexity index is 416. The zero-order valence-corrected chi connectivity index (χ0v) is 9.48. The molecule has 0 aromatic heterocycles. The van der Waals surface area contributed by atoms with Crippen molar-refractivity contribution in [3.63, 3.8) is 0 Å². The molecule has 4 nitrogen and oxygen atoms in total. The first kappa shape index (κ1) is 11.1. The van der Waals surface area contributed by atoms with E-state index in [-0.39, 0.29) is 0 Å². The van der Waals surface area contributed by atoms with Crippen molar-refractivity contribution in [1.82, 2.24) is 0 Å². The Morgan fingerprint density at radius 1 is 0.647 bits per heavy atom. The van der Waals surface area contributed by atoms with E-state index < -0.39 is 0 Å². The average Bonchev–Trinajstić information content (AvgIpc) is 2.34. The molecule has 0 saturated heterocycles. The summed E-state index contributed by atoms with van der Waals surface area (Å²) in [5, 5.41) is 6.47. The van der Waals surface area contributed by atoms with Gasteiger partial charge in [0.25, 0.3) is 0 Å². The van der Waals surface area contributed by atoms with Crippen LogP contribution in [-0.4, -0.2) is 6.67 Å². The smallest absolute Gasteiger partial charge is 0.0849 e. The van der Waals surface area contributed by atoms with E-state index in [1.807, 2.05) is 48.5 Å². The van der Waals surface area contributed by atoms with E-state index in [1.54, 1.807) is 0 Å². The summed E-state index contributed by atoms with van der Waals surface area (Å²) in [6, 6.07) is 15.2. The van der Waals surface area contributed by atoms with Crippen molar-refractivity contribution in [3.8, 4) is 0 Å². The second-order valence-electron chi connectivity index (χ2n) is 3.77. The topological polar surface area (TPSA) is 76.1 Å². The maximum atomic E-state index is 5.61. The Kier molecular flexibility index (Phi) is 3.35. The van der Waals surface area contributed by atoms with Gasteiger partial charge in [-0.15, -0.1) is 0 Å². The third-order valence-electron chi connectivity index (χ3n) is 2.41. The van der Waals surface area contributed by atoms with Crippen molar-refractivity contribution in [2.24, 2.45) is 0 Å². The molecule has 0 aliphatic heterocycles. The molecule has 0 radical (unpaired) electrons. The standard InChI is InChI=1S/C13H16N4/c14-10-1-5-12(6-2-10)16-9-17-13-7-3-11(15)4-8-13/h1-8,16-17H,9,14-15H2. The average molecular weight is 228 g/mol. The molecule has 0 unspecified atom stereocenters. The highest BCUT2D eigenvalue weighted by Gasteiger charge is 1.92. The van der Waals surface area contributed by atoms with Crippen LogP contribution in [0.15, 0.2) is 48.5 Å². The Morgan fingerprint density at radius 3 is 1.35 bits per heavy atom. The van der Waals surface area contributed by atoms with Gasteiger partial charge in [0, 0.05) is 22.7 Å². The summed E-state index contributed by atoms with van der Waals surface area (Å²) >= 11 is 0. The van der Waals surface area contributed by atoms with E-state index in [0.717, 1.165) is 22.7 Å². The summed E-state index contributed by atoms with van der Waals surface area (Å²) < 4.78 is 0. The van der Waals surface area contributed by atoms with E-state index >= 15 is 0 Å². The van der Waals surface area contributed by atoms with Gasteiger partial charge >= 0.3 is 0 Å². The molecule has 6 N–H and O–H groups in total. The van der Waals surface area contributed by atoms with Crippen molar-refractivity contribution < 1.29 is 0 Å². The molecule has 4 heteroatoms. The van der Waals surface area contributed by atoms with E-state index in [1.165, 1.54) is 0 Å². The molecule has 0 amide bonds. The van der Waals surface area contributed by atoms with Crippen LogP contribution >= 0.6 is 0 Å². The van der Waals surface area contributed by atoms with Crippen LogP contribution in [0.5, 0.6) is 0 Å². The molecule has 0 bridgehead atoms. The second kappa shape index (κ2) is 5.12. The van der Waals surface area contributed by atoms with E-state index in [9.17, 15) is 0 Å². The predicted molar refractivity (Wildman–Crippen MR) is 73.8 cm³/mol. The molecule has 2 aromatic rings. The fourth-order valence-electron chi connectivity index (χ4n) is 1.45. The summed E-state index contributed by atoms with van der Waals surface area (Å²) in [5.41, 5.74) is 14.8. The summed E-state index contributed by atoms with van der Waals surface area (Å²) in [6.07, 6.45) is 0. The molecule has 0 heterocycles. The van der Waals surface area contributed by atoms with Gasteiger partial charge in [0.1, 0.15) is 0 Å². The lowest BCUT2D eigenvalue weighted by molar-refractivity contribution is 1.22. The number of nitrogens with two attached hydrogens (primary N) is 2. The van der Waals surface area contributed by atoms with Crippen LogP contribution in [0.3, 0.4) is 0 Å². The van der Waals surface area contributed by atoms with Crippen LogP contribution in [0.4, 0.5) is 22.7 Å². The largest absolute Gasteiger partial charge is 0.399 e. The quantitative estimate of drug-likeness (QED) is 0.478. The molecule has 0 aliphatic carbocycles. The van der Waals surface area contributed by atoms with Crippen LogP contribution in [0.25, 0.3) is 0 Å². The third-order valence-corrected chi connectivity index (χ3v) is 2.41. The lowest BCUT2D eigenvalue weighted by Gasteiger charge is -2.09. The van der Waals surface area contributed by atoms with Crippen LogP contribution in [0.2, 0.25) is 0 Å². The summed E-state index contributed by atoms with van der Waals surface area (Å²) in [6.45, 7) is 0.647. The Balaban J connectivity index is 1.83. The van der Waals surface area contributed by atoms with Crippen molar-refractivity contribution in [2.75, 3.05) is 28.8 Å². The highest BCUT2D eigenvalue weighted by molar-refractivity contribution is 5.54. The van der Waals surface area contributed by atoms with Gasteiger partial charge in [-0.1, -0.05) is 0 Å². The summed E-state index contributed by atoms with van der Waals surface area (Å²) in [4.78, 5) is 0. The van der Waals surface area contributed by atoms with Gasteiger partial charge in [-0.3, -0.25) is 0 Å². The van der Waals surface area contributed by atoms with Gasteiger partial charge in [0.15, 0.2) is 0 Å². The molecule has 2 rings (SSSR count). The van der Waals surface area contributed by atoms with E-state index in [2.05, 4.69) is 10.6 Å². The third kappa shape index (κ3) is 3.31. The summed E-state index contributed by atoms with van der Waals surface area (Å²) in [5.74, 6) is 0. The molecule has 2 aromatic carbocycles. The zero-order valence-electron chi connectivity index (χ0n) is 9.48. The molecule has 17 heavy (non-hydrogen) atoms. The minimum atomic E-state index is 0.647. The van der Waals surface area contributed by atoms with Gasteiger partial charge in [-0.05, 0) is 48.5 Å². The molecule has 0 aliphatic rings. The van der Waals surface area contributed by atoms with Crippen LogP contribution in [0.1, 0.15) is 0 Å². The molecule has 0 fully saturated rings. The molecular weight excluding hydrogens is 212 g/mol. The van der Waals surface area contributed by atoms with Crippen LogP contribution in [0, 0.1) is 0 Å². The minimum Gasteiger partial charge on any atom is -0.399 e. The number of nitrogen functional groups attached to an aromatic ring is 2. The fourth-order valence-corrected chi connectivity index (χ4v) is 1.45. The van der Waals surface area contributed by atoms with E-state index in [4.69, 9.17) is 11.5 Å². The van der Waals surface area contributed by atoms with Crippen molar-refractivity contribution in [2.45, 2.75) is 0 Å². The molecule has 0 saturated carbocycles. The lowest BCUT2D eigenvalue weighted by atomic mass is 10.3. The summed E-state index contributed by atoms with van der Waals surface area (Å²) in [7, 11) is 0. The Hall–Kier alpha value is -2.36. The lowest BCUT2D eigenvalue weighted by Crippen LogP contribution is -2.11. The maximum Gasteiger partial charge on any atom is 0.0849 e. The maximum absolute atomic E-state index is 5.61. The van der Waals surface area contributed by atoms with E-state index in [0.29, 0.717) is 6.67 Å². The van der Waals surface area contributed by atoms with Gasteiger partial charge in [0.2, 0.25) is 0 Å². The van der Waals surface area contributed by atoms with Gasteiger partial charge in [-0.2, -0.15) is 0 Å². The first-order chi connectivity index (χ1) is 8.24. The highest BCUT2D eigenvalue weighted by Crippen LogP contribution is 2.12. The number of benzene rings is 2. The normalized spacial score (nSPS) is 9.88. The minimum absolute atomic E-state index is 0.647. The van der Waals surface area contributed by atoms with Gasteiger partial charge < -0.3 is 22.1 Å².